The molecular formula is C17H17Cl3N2. The number of hydrogen-bond donors (Lipinski definition) is 1. The minimum Gasteiger partial charge on any atom is -0.343 e. The van der Waals surface area contributed by atoms with Crippen molar-refractivity contribution in [1.82, 2.24) is 4.57 Å². The Hall–Kier alpha value is -1.19. The van der Waals surface area contributed by atoms with E-state index in [1.807, 2.05) is 18.2 Å². The molecule has 2 aromatic carbocycles. The van der Waals surface area contributed by atoms with E-state index in [9.17, 15) is 0 Å². The number of fused-ring (bicyclic) bond motifs is 1. The van der Waals surface area contributed by atoms with Gasteiger partial charge in [0.15, 0.2) is 0 Å². The smallest absolute Gasteiger partial charge is 0.0595 e. The molecule has 0 aliphatic rings. The molecule has 116 valence electrons. The molecule has 0 aliphatic heterocycles. The lowest BCUT2D eigenvalue weighted by Gasteiger charge is -2.06. The fraction of sp³-hybridized carbons (Fsp3) is 0.176. The van der Waals surface area contributed by atoms with Crippen molar-refractivity contribution in [2.75, 3.05) is 6.54 Å². The van der Waals surface area contributed by atoms with Crippen LogP contribution in [0, 0.1) is 0 Å². The summed E-state index contributed by atoms with van der Waals surface area (Å²) in [6.45, 7) is 1.42. The Balaban J connectivity index is 0.00000176. The van der Waals surface area contributed by atoms with Gasteiger partial charge in [-0.1, -0.05) is 47.5 Å². The molecule has 0 unspecified atom stereocenters. The molecule has 0 aliphatic carbocycles. The summed E-state index contributed by atoms with van der Waals surface area (Å²) in [6, 6.07) is 14.2. The predicted octanol–water partition coefficient (Wildman–Crippen LogP) is 4.92. The topological polar surface area (TPSA) is 30.9 Å². The van der Waals surface area contributed by atoms with Crippen LogP contribution in [0.5, 0.6) is 0 Å². The largest absolute Gasteiger partial charge is 0.343 e. The third kappa shape index (κ3) is 3.41. The zero-order valence-corrected chi connectivity index (χ0v) is 14.3. The normalized spacial score (nSPS) is 10.7. The molecule has 5 heteroatoms. The molecule has 0 radical (unpaired) electrons. The summed E-state index contributed by atoms with van der Waals surface area (Å²) in [5.74, 6) is 0. The first-order chi connectivity index (χ1) is 10.2. The van der Waals surface area contributed by atoms with Gasteiger partial charge < -0.3 is 10.3 Å². The zero-order valence-electron chi connectivity index (χ0n) is 11.9. The fourth-order valence-electron chi connectivity index (χ4n) is 2.64. The second-order valence-corrected chi connectivity index (χ2v) is 5.90. The van der Waals surface area contributed by atoms with Crippen molar-refractivity contribution in [3.8, 4) is 0 Å². The standard InChI is InChI=1S/C17H16Cl2N2.ClH/c18-15-6-5-12(9-16(15)19)10-21-11-13(7-8-20)14-3-1-2-4-17(14)21;/h1-6,9,11H,7-8,10,20H2;1H. The van der Waals surface area contributed by atoms with Gasteiger partial charge in [0.2, 0.25) is 0 Å². The second-order valence-electron chi connectivity index (χ2n) is 5.09. The van der Waals surface area contributed by atoms with Crippen molar-refractivity contribution in [3.05, 3.63) is 69.8 Å². The number of nitrogens with two attached hydrogens (primary N) is 1. The van der Waals surface area contributed by atoms with Crippen LogP contribution in [0.15, 0.2) is 48.7 Å². The van der Waals surface area contributed by atoms with E-state index in [2.05, 4.69) is 35.0 Å². The summed E-state index contributed by atoms with van der Waals surface area (Å²) in [7, 11) is 0. The highest BCUT2D eigenvalue weighted by Crippen LogP contribution is 2.26. The number of rotatable bonds is 4. The molecular weight excluding hydrogens is 339 g/mol. The van der Waals surface area contributed by atoms with Gasteiger partial charge in [-0.3, -0.25) is 0 Å². The third-order valence-electron chi connectivity index (χ3n) is 3.62. The lowest BCUT2D eigenvalue weighted by molar-refractivity contribution is 0.827. The molecule has 1 aromatic heterocycles. The van der Waals surface area contributed by atoms with E-state index in [1.54, 1.807) is 0 Å². The van der Waals surface area contributed by atoms with Gasteiger partial charge in [-0.05, 0) is 42.3 Å². The van der Waals surface area contributed by atoms with Crippen molar-refractivity contribution in [3.63, 3.8) is 0 Å². The molecule has 3 rings (SSSR count). The Morgan fingerprint density at radius 1 is 1.00 bits per heavy atom. The SMILES string of the molecule is Cl.NCCc1cn(Cc2ccc(Cl)c(Cl)c2)c2ccccc12. The maximum atomic E-state index is 6.10. The van der Waals surface area contributed by atoms with Gasteiger partial charge in [-0.25, -0.2) is 0 Å². The number of hydrogen-bond acceptors (Lipinski definition) is 1. The minimum atomic E-state index is 0. The number of para-hydroxylation sites is 1. The average Bonchev–Trinajstić information content (AvgIpc) is 2.82. The summed E-state index contributed by atoms with van der Waals surface area (Å²) < 4.78 is 2.24. The van der Waals surface area contributed by atoms with Crippen LogP contribution in [-0.2, 0) is 13.0 Å². The molecule has 2 nitrogen and oxygen atoms in total. The lowest BCUT2D eigenvalue weighted by Crippen LogP contribution is -2.02. The van der Waals surface area contributed by atoms with Crippen LogP contribution in [0.4, 0.5) is 0 Å². The zero-order chi connectivity index (χ0) is 14.8. The number of nitrogens with zero attached hydrogens (tertiary/aromatic N) is 1. The number of benzene rings is 2. The van der Waals surface area contributed by atoms with Crippen LogP contribution in [0.2, 0.25) is 10.0 Å². The first-order valence-corrected chi connectivity index (χ1v) is 7.65. The maximum absolute atomic E-state index is 6.10. The molecule has 3 aromatic rings. The minimum absolute atomic E-state index is 0. The second kappa shape index (κ2) is 7.38. The highest BCUT2D eigenvalue weighted by molar-refractivity contribution is 6.42. The van der Waals surface area contributed by atoms with Crippen LogP contribution in [0.3, 0.4) is 0 Å². The van der Waals surface area contributed by atoms with Gasteiger partial charge in [0, 0.05) is 23.6 Å². The number of halogens is 3. The summed E-state index contributed by atoms with van der Waals surface area (Å²) in [6.07, 6.45) is 3.06. The first-order valence-electron chi connectivity index (χ1n) is 6.90. The molecule has 0 fully saturated rings. The predicted molar refractivity (Wildman–Crippen MR) is 97.5 cm³/mol. The van der Waals surface area contributed by atoms with Gasteiger partial charge in [0.05, 0.1) is 10.0 Å². The van der Waals surface area contributed by atoms with Crippen molar-refractivity contribution in [2.24, 2.45) is 5.73 Å². The summed E-state index contributed by atoms with van der Waals surface area (Å²) in [4.78, 5) is 0. The van der Waals surface area contributed by atoms with Gasteiger partial charge in [0.25, 0.3) is 0 Å². The third-order valence-corrected chi connectivity index (χ3v) is 4.36. The Kier molecular flexibility index (Phi) is 5.76. The van der Waals surface area contributed by atoms with Crippen molar-refractivity contribution < 1.29 is 0 Å². The molecule has 2 N–H and O–H groups in total. The van der Waals surface area contributed by atoms with Crippen LogP contribution in [-0.4, -0.2) is 11.1 Å². The van der Waals surface area contributed by atoms with Crippen molar-refractivity contribution in [1.29, 1.82) is 0 Å². The van der Waals surface area contributed by atoms with E-state index in [0.717, 1.165) is 18.5 Å². The molecule has 0 saturated heterocycles. The van der Waals surface area contributed by atoms with E-state index in [-0.39, 0.29) is 12.4 Å². The van der Waals surface area contributed by atoms with Crippen LogP contribution >= 0.6 is 35.6 Å². The maximum Gasteiger partial charge on any atom is 0.0595 e. The highest BCUT2D eigenvalue weighted by atomic mass is 35.5. The molecule has 22 heavy (non-hydrogen) atoms. The Labute approximate surface area is 146 Å². The molecule has 0 amide bonds. The van der Waals surface area contributed by atoms with Gasteiger partial charge in [0.1, 0.15) is 0 Å². The van der Waals surface area contributed by atoms with Crippen LogP contribution < -0.4 is 5.73 Å². The molecule has 0 spiro atoms. The average molecular weight is 356 g/mol. The van der Waals surface area contributed by atoms with E-state index in [4.69, 9.17) is 28.9 Å². The molecule has 0 atom stereocenters. The summed E-state index contributed by atoms with van der Waals surface area (Å²) >= 11 is 12.1. The summed E-state index contributed by atoms with van der Waals surface area (Å²) in [5.41, 5.74) is 9.34. The van der Waals surface area contributed by atoms with E-state index in [1.165, 1.54) is 16.5 Å². The quantitative estimate of drug-likeness (QED) is 0.707. The summed E-state index contributed by atoms with van der Waals surface area (Å²) in [5, 5.41) is 2.44. The van der Waals surface area contributed by atoms with Crippen molar-refractivity contribution in [2.45, 2.75) is 13.0 Å². The molecule has 0 saturated carbocycles. The van der Waals surface area contributed by atoms with E-state index in [0.29, 0.717) is 16.6 Å². The lowest BCUT2D eigenvalue weighted by atomic mass is 10.1. The Morgan fingerprint density at radius 2 is 1.77 bits per heavy atom. The fourth-order valence-corrected chi connectivity index (χ4v) is 2.96. The monoisotopic (exact) mass is 354 g/mol. The molecule has 0 bridgehead atoms. The van der Waals surface area contributed by atoms with E-state index < -0.39 is 0 Å². The van der Waals surface area contributed by atoms with Crippen LogP contribution in [0.25, 0.3) is 10.9 Å². The Morgan fingerprint density at radius 3 is 2.50 bits per heavy atom. The Bertz CT molecular complexity index is 781. The molecule has 1 heterocycles. The van der Waals surface area contributed by atoms with Crippen molar-refractivity contribution >= 4 is 46.5 Å². The van der Waals surface area contributed by atoms with Gasteiger partial charge >= 0.3 is 0 Å². The highest BCUT2D eigenvalue weighted by Gasteiger charge is 2.08. The van der Waals surface area contributed by atoms with Crippen LogP contribution in [0.1, 0.15) is 11.1 Å². The number of aromatic nitrogens is 1. The first kappa shape index (κ1) is 17.2. The van der Waals surface area contributed by atoms with Gasteiger partial charge in [-0.2, -0.15) is 0 Å². The van der Waals surface area contributed by atoms with Gasteiger partial charge in [-0.15, -0.1) is 12.4 Å². The van der Waals surface area contributed by atoms with E-state index >= 15 is 0 Å².